The van der Waals surface area contributed by atoms with Gasteiger partial charge in [-0.3, -0.25) is 0 Å². The first-order valence-electron chi connectivity index (χ1n) is 24.2. The molecule has 0 atom stereocenters. The summed E-state index contributed by atoms with van der Waals surface area (Å²) >= 11 is 0. The van der Waals surface area contributed by atoms with E-state index in [1.807, 2.05) is 0 Å². The summed E-state index contributed by atoms with van der Waals surface area (Å²) in [5.41, 5.74) is 12.1. The molecule has 0 saturated heterocycles. The molecule has 0 unspecified atom stereocenters. The monoisotopic (exact) mass is 905 g/mol. The van der Waals surface area contributed by atoms with Crippen LogP contribution in [0.1, 0.15) is 211 Å². The molecule has 4 rings (SSSR count). The lowest BCUT2D eigenvalue weighted by Crippen LogP contribution is -2.41. The van der Waals surface area contributed by atoms with E-state index in [9.17, 15) is 0 Å². The molecule has 0 bridgehead atoms. The van der Waals surface area contributed by atoms with Gasteiger partial charge < -0.3 is 0 Å². The van der Waals surface area contributed by atoms with Crippen LogP contribution in [0.4, 0.5) is 0 Å². The van der Waals surface area contributed by atoms with Gasteiger partial charge in [0.15, 0.2) is 0 Å². The zero-order valence-corrected chi connectivity index (χ0v) is 48.5. The fraction of sp³-hybridized carbons (Fsp3) is 0.600. The number of rotatable bonds is 8. The van der Waals surface area contributed by atoms with Gasteiger partial charge >= 0.3 is 0 Å². The first kappa shape index (κ1) is 53.6. The summed E-state index contributed by atoms with van der Waals surface area (Å²) in [6, 6.07) is 31.2. The molecule has 348 valence electrons. The lowest BCUT2D eigenvalue weighted by molar-refractivity contribution is 0.568. The van der Waals surface area contributed by atoms with Crippen molar-refractivity contribution in [1.82, 2.24) is 0 Å². The van der Waals surface area contributed by atoms with E-state index in [0.29, 0.717) is 0 Å². The van der Waals surface area contributed by atoms with E-state index in [4.69, 9.17) is 0 Å². The molecule has 0 radical (unpaired) electrons. The highest BCUT2D eigenvalue weighted by atomic mass is 31.1. The van der Waals surface area contributed by atoms with Crippen molar-refractivity contribution in [2.24, 2.45) is 0 Å². The fourth-order valence-corrected chi connectivity index (χ4v) is 22.1. The van der Waals surface area contributed by atoms with Gasteiger partial charge in [0.25, 0.3) is 0 Å². The minimum absolute atomic E-state index is 0.0494. The SMILES string of the molecule is CC(C)(C)c1cc(P(C[Si](C)(C)CP(c2cc(C(C)(C)C)cc(C(C)(C)C)c2)c2cc(C(C)(C)C)cc(C(C)(C)C)c2)c2cc(C(C)(C)C)cc(C(C)(C)C)c2)cc(C(C)(C)C)c1. The van der Waals surface area contributed by atoms with E-state index >= 15 is 0 Å². The van der Waals surface area contributed by atoms with Gasteiger partial charge in [0.2, 0.25) is 0 Å². The van der Waals surface area contributed by atoms with Crippen LogP contribution in [0.15, 0.2) is 72.8 Å². The largest absolute Gasteiger partial charge is 0.0688 e. The summed E-state index contributed by atoms with van der Waals surface area (Å²) in [5, 5.41) is 6.25. The first-order valence-corrected chi connectivity index (χ1v) is 30.6. The maximum atomic E-state index is 2.75. The normalized spacial score (nSPS) is 14.3. The average Bonchev–Trinajstić information content (AvgIpc) is 3.09. The van der Waals surface area contributed by atoms with Gasteiger partial charge in [0.05, 0.1) is 8.07 Å². The van der Waals surface area contributed by atoms with E-state index in [1.54, 1.807) is 21.2 Å². The Morgan fingerprint density at radius 2 is 0.381 bits per heavy atom. The van der Waals surface area contributed by atoms with Crippen LogP contribution in [0.5, 0.6) is 0 Å². The lowest BCUT2D eigenvalue weighted by Gasteiger charge is -2.37. The topological polar surface area (TPSA) is 0 Å². The zero-order valence-electron chi connectivity index (χ0n) is 45.7. The molecule has 0 aromatic heterocycles. The van der Waals surface area contributed by atoms with Crippen molar-refractivity contribution >= 4 is 45.1 Å². The quantitative estimate of drug-likeness (QED) is 0.122. The number of hydrogen-bond donors (Lipinski definition) is 0. The standard InChI is InChI=1S/C60H94P2Si/c1-53(2,3)41-27-42(54(4,5)6)32-49(31-41)61(50-33-43(55(7,8)9)28-44(34-50)56(10,11)12)39-63(25,26)40-62(51-35-45(57(13,14)15)29-46(36-51)58(16,17)18)52-37-47(59(19,20)21)30-48(38-52)60(22,23)24/h27-38H,39-40H2,1-26H3. The van der Waals surface area contributed by atoms with Gasteiger partial charge in [0, 0.05) is 0 Å². The Morgan fingerprint density at radius 3 is 0.492 bits per heavy atom. The van der Waals surface area contributed by atoms with Crippen LogP contribution in [-0.2, 0) is 43.3 Å². The summed E-state index contributed by atoms with van der Waals surface area (Å²) in [4.78, 5) is 0. The van der Waals surface area contributed by atoms with Gasteiger partial charge in [-0.25, -0.2) is 0 Å². The summed E-state index contributed by atoms with van der Waals surface area (Å²) < 4.78 is 0. The second kappa shape index (κ2) is 17.9. The third kappa shape index (κ3) is 14.0. The smallest absolute Gasteiger partial charge is 0.0572 e. The molecule has 4 aromatic carbocycles. The molecule has 3 heteroatoms. The van der Waals surface area contributed by atoms with Crippen LogP contribution in [0.25, 0.3) is 0 Å². The zero-order chi connectivity index (χ0) is 48.5. The van der Waals surface area contributed by atoms with E-state index < -0.39 is 23.9 Å². The van der Waals surface area contributed by atoms with Crippen LogP contribution < -0.4 is 21.2 Å². The van der Waals surface area contributed by atoms with E-state index in [1.165, 1.54) is 56.1 Å². The molecule has 0 aliphatic heterocycles. The van der Waals surface area contributed by atoms with Gasteiger partial charge in [-0.2, -0.15) is 0 Å². The van der Waals surface area contributed by atoms with Crippen molar-refractivity contribution in [2.45, 2.75) is 223 Å². The molecule has 0 aliphatic rings. The second-order valence-electron chi connectivity index (χ2n) is 28.4. The molecule has 4 aromatic rings. The Balaban J connectivity index is 2.14. The van der Waals surface area contributed by atoms with Crippen molar-refractivity contribution in [3.8, 4) is 0 Å². The Bertz CT molecular complexity index is 1790. The van der Waals surface area contributed by atoms with E-state index in [2.05, 4.69) is 252 Å². The third-order valence-corrected chi connectivity index (χ3v) is 25.9. The van der Waals surface area contributed by atoms with Gasteiger partial charge in [-0.15, -0.1) is 0 Å². The highest BCUT2D eigenvalue weighted by molar-refractivity contribution is 7.78. The highest BCUT2D eigenvalue weighted by Gasteiger charge is 2.36. The minimum Gasteiger partial charge on any atom is -0.0688 e. The van der Waals surface area contributed by atoms with Crippen molar-refractivity contribution in [3.63, 3.8) is 0 Å². The predicted octanol–water partition coefficient (Wildman–Crippen LogP) is 16.4. The first-order chi connectivity index (χ1) is 28.0. The molecule has 0 N–H and O–H groups in total. The Hall–Kier alpha value is -2.04. The van der Waals surface area contributed by atoms with Crippen molar-refractivity contribution < 1.29 is 0 Å². The van der Waals surface area contributed by atoms with Crippen molar-refractivity contribution in [1.29, 1.82) is 0 Å². The fourth-order valence-electron chi connectivity index (χ4n) is 8.10. The van der Waals surface area contributed by atoms with E-state index in [0.717, 1.165) is 0 Å². The number of benzene rings is 4. The molecule has 0 fully saturated rings. The molecule has 0 heterocycles. The third-order valence-electron chi connectivity index (χ3n) is 13.0. The maximum absolute atomic E-state index is 2.75. The van der Waals surface area contributed by atoms with Gasteiger partial charge in [0.1, 0.15) is 0 Å². The number of hydrogen-bond acceptors (Lipinski definition) is 0. The average molecular weight is 905 g/mol. The molecule has 0 amide bonds. The van der Waals surface area contributed by atoms with E-state index in [-0.39, 0.29) is 43.3 Å². The summed E-state index contributed by atoms with van der Waals surface area (Å²) in [5.74, 6) is 2.51. The van der Waals surface area contributed by atoms with Crippen LogP contribution in [0.2, 0.25) is 13.1 Å². The van der Waals surface area contributed by atoms with Gasteiger partial charge in [-0.1, -0.05) is 252 Å². The highest BCUT2D eigenvalue weighted by Crippen LogP contribution is 2.47. The molecule has 0 saturated carbocycles. The maximum Gasteiger partial charge on any atom is 0.0572 e. The molecular weight excluding hydrogens is 811 g/mol. The Labute approximate surface area is 394 Å². The second-order valence-corrected chi connectivity index (χ2v) is 39.0. The molecular formula is C60H94P2Si. The van der Waals surface area contributed by atoms with Crippen LogP contribution in [0.3, 0.4) is 0 Å². The van der Waals surface area contributed by atoms with Crippen molar-refractivity contribution in [3.05, 3.63) is 117 Å². The Morgan fingerprint density at radius 1 is 0.254 bits per heavy atom. The molecule has 0 nitrogen and oxygen atoms in total. The predicted molar refractivity (Wildman–Crippen MR) is 295 cm³/mol. The summed E-state index contributed by atoms with van der Waals surface area (Å²) in [7, 11) is -3.38. The summed E-state index contributed by atoms with van der Waals surface area (Å²) in [6.07, 6.45) is 0. The van der Waals surface area contributed by atoms with Crippen LogP contribution >= 0.6 is 15.8 Å². The molecule has 0 spiro atoms. The lowest BCUT2D eigenvalue weighted by atomic mass is 9.81. The van der Waals surface area contributed by atoms with Gasteiger partial charge in [-0.05, 0) is 136 Å². The minimum atomic E-state index is -2.01. The van der Waals surface area contributed by atoms with Crippen molar-refractivity contribution in [2.75, 3.05) is 11.6 Å². The van der Waals surface area contributed by atoms with Crippen LogP contribution in [0, 0.1) is 0 Å². The Kier molecular flexibility index (Phi) is 15.2. The van der Waals surface area contributed by atoms with Crippen LogP contribution in [-0.4, -0.2) is 19.6 Å². The summed E-state index contributed by atoms with van der Waals surface area (Å²) in [6.45, 7) is 63.2. The molecule has 63 heavy (non-hydrogen) atoms. The molecule has 0 aliphatic carbocycles.